The molecule has 1 heterocycles. The summed E-state index contributed by atoms with van der Waals surface area (Å²) in [6.45, 7) is 11.8. The minimum atomic E-state index is 0.477. The smallest absolute Gasteiger partial charge is 0.119 e. The van der Waals surface area contributed by atoms with Crippen molar-refractivity contribution in [2.45, 2.75) is 72.0 Å². The Labute approximate surface area is 123 Å². The van der Waals surface area contributed by atoms with Gasteiger partial charge in [0.2, 0.25) is 0 Å². The normalized spacial score (nSPS) is 22.6. The van der Waals surface area contributed by atoms with Gasteiger partial charge in [0.25, 0.3) is 0 Å². The maximum Gasteiger partial charge on any atom is 0.119 e. The van der Waals surface area contributed by atoms with Gasteiger partial charge in [-0.15, -0.1) is 0 Å². The molecule has 0 spiro atoms. The Morgan fingerprint density at radius 3 is 2.30 bits per heavy atom. The molecule has 0 aliphatic carbocycles. The van der Waals surface area contributed by atoms with Gasteiger partial charge >= 0.3 is 0 Å². The minimum Gasteiger partial charge on any atom is -0.494 e. The molecular weight excluding hydrogens is 248 g/mol. The molecule has 2 heteroatoms. The lowest BCUT2D eigenvalue weighted by molar-refractivity contribution is 0.317. The van der Waals surface area contributed by atoms with Gasteiger partial charge in [-0.1, -0.05) is 20.8 Å². The predicted molar refractivity (Wildman–Crippen MR) is 83.7 cm³/mol. The van der Waals surface area contributed by atoms with Crippen LogP contribution in [0.15, 0.2) is 12.1 Å². The zero-order valence-electron chi connectivity index (χ0n) is 13.5. The molecule has 1 aliphatic heterocycles. The Balaban J connectivity index is 2.07. The van der Waals surface area contributed by atoms with Crippen molar-refractivity contribution < 1.29 is 9.47 Å². The number of epoxide rings is 1. The van der Waals surface area contributed by atoms with Crippen LogP contribution in [0.2, 0.25) is 0 Å². The third-order valence-corrected chi connectivity index (χ3v) is 4.21. The molecule has 20 heavy (non-hydrogen) atoms. The molecule has 0 saturated carbocycles. The van der Waals surface area contributed by atoms with Crippen molar-refractivity contribution >= 4 is 0 Å². The zero-order valence-corrected chi connectivity index (χ0v) is 13.5. The van der Waals surface area contributed by atoms with Crippen LogP contribution in [-0.4, -0.2) is 18.8 Å². The molecule has 0 aromatic heterocycles. The first-order valence-corrected chi connectivity index (χ1v) is 7.96. The summed E-state index contributed by atoms with van der Waals surface area (Å²) in [6.07, 6.45) is 4.30. The number of benzene rings is 1. The van der Waals surface area contributed by atoms with Crippen molar-refractivity contribution in [2.75, 3.05) is 6.61 Å². The highest BCUT2D eigenvalue weighted by Crippen LogP contribution is 2.37. The van der Waals surface area contributed by atoms with Gasteiger partial charge in [0.05, 0.1) is 18.8 Å². The van der Waals surface area contributed by atoms with E-state index in [1.807, 2.05) is 0 Å². The molecule has 2 nitrogen and oxygen atoms in total. The largest absolute Gasteiger partial charge is 0.494 e. The molecule has 0 radical (unpaired) electrons. The number of hydrogen-bond donors (Lipinski definition) is 0. The zero-order chi connectivity index (χ0) is 14.7. The second-order valence-corrected chi connectivity index (χ2v) is 6.08. The molecule has 1 fully saturated rings. The van der Waals surface area contributed by atoms with Crippen LogP contribution in [0.1, 0.15) is 62.6 Å². The van der Waals surface area contributed by atoms with E-state index < -0.39 is 0 Å². The van der Waals surface area contributed by atoms with E-state index in [1.165, 1.54) is 16.7 Å². The third kappa shape index (κ3) is 3.54. The summed E-state index contributed by atoms with van der Waals surface area (Å²) in [6, 6.07) is 4.36. The van der Waals surface area contributed by atoms with Crippen LogP contribution in [0, 0.1) is 13.8 Å². The molecule has 112 valence electrons. The number of rotatable bonds is 7. The summed E-state index contributed by atoms with van der Waals surface area (Å²) in [5.41, 5.74) is 4.16. The van der Waals surface area contributed by atoms with Crippen molar-refractivity contribution in [1.82, 2.24) is 0 Å². The van der Waals surface area contributed by atoms with Crippen molar-refractivity contribution in [1.29, 1.82) is 0 Å². The predicted octanol–water partition coefficient (Wildman–Crippen LogP) is 4.76. The SMILES string of the molecule is CCCOc1cc(C)c(C(C)CC2OC2CC)c(C)c1. The van der Waals surface area contributed by atoms with Gasteiger partial charge in [0.1, 0.15) is 5.75 Å². The van der Waals surface area contributed by atoms with Gasteiger partial charge < -0.3 is 9.47 Å². The molecule has 1 aromatic carbocycles. The average Bonchev–Trinajstić information content (AvgIpc) is 3.13. The van der Waals surface area contributed by atoms with Crippen molar-refractivity contribution in [3.05, 3.63) is 28.8 Å². The first kappa shape index (κ1) is 15.4. The molecule has 1 aromatic rings. The fourth-order valence-corrected chi connectivity index (χ4v) is 3.23. The fraction of sp³-hybridized carbons (Fsp3) is 0.667. The minimum absolute atomic E-state index is 0.477. The maximum atomic E-state index is 5.75. The van der Waals surface area contributed by atoms with E-state index >= 15 is 0 Å². The molecule has 0 amide bonds. The Morgan fingerprint density at radius 2 is 1.80 bits per heavy atom. The Hall–Kier alpha value is -1.02. The second kappa shape index (κ2) is 6.62. The van der Waals surface area contributed by atoms with E-state index in [0.29, 0.717) is 18.1 Å². The summed E-state index contributed by atoms with van der Waals surface area (Å²) in [4.78, 5) is 0. The summed E-state index contributed by atoms with van der Waals surface area (Å²) >= 11 is 0. The van der Waals surface area contributed by atoms with Crippen LogP contribution in [0.25, 0.3) is 0 Å². The van der Waals surface area contributed by atoms with Crippen LogP contribution in [0.3, 0.4) is 0 Å². The fourth-order valence-electron chi connectivity index (χ4n) is 3.23. The van der Waals surface area contributed by atoms with Gasteiger partial charge in [0, 0.05) is 0 Å². The highest BCUT2D eigenvalue weighted by molar-refractivity contribution is 5.43. The highest BCUT2D eigenvalue weighted by atomic mass is 16.6. The van der Waals surface area contributed by atoms with Crippen LogP contribution < -0.4 is 4.74 Å². The molecule has 3 unspecified atom stereocenters. The Morgan fingerprint density at radius 1 is 1.15 bits per heavy atom. The standard InChI is InChI=1S/C18H28O2/c1-6-8-19-15-9-12(3)18(13(4)10-15)14(5)11-17-16(7-2)20-17/h9-10,14,16-17H,6-8,11H2,1-5H3. The van der Waals surface area contributed by atoms with E-state index in [9.17, 15) is 0 Å². The number of aryl methyl sites for hydroxylation is 2. The summed E-state index contributed by atoms with van der Waals surface area (Å²) in [5.74, 6) is 1.56. The molecular formula is C18H28O2. The lowest BCUT2D eigenvalue weighted by Crippen LogP contribution is -2.06. The van der Waals surface area contributed by atoms with Gasteiger partial charge in [-0.3, -0.25) is 0 Å². The molecule has 1 aliphatic rings. The van der Waals surface area contributed by atoms with Crippen LogP contribution in [0.5, 0.6) is 5.75 Å². The molecule has 3 atom stereocenters. The Kier molecular flexibility index (Phi) is 5.09. The Bertz CT molecular complexity index is 430. The van der Waals surface area contributed by atoms with E-state index in [4.69, 9.17) is 9.47 Å². The first-order chi connectivity index (χ1) is 9.56. The average molecular weight is 276 g/mol. The third-order valence-electron chi connectivity index (χ3n) is 4.21. The van der Waals surface area contributed by atoms with Crippen molar-refractivity contribution in [2.24, 2.45) is 0 Å². The topological polar surface area (TPSA) is 21.8 Å². The van der Waals surface area contributed by atoms with E-state index in [2.05, 4.69) is 46.8 Å². The van der Waals surface area contributed by atoms with E-state index in [1.54, 1.807) is 0 Å². The molecule has 0 N–H and O–H groups in total. The first-order valence-electron chi connectivity index (χ1n) is 7.96. The van der Waals surface area contributed by atoms with Gasteiger partial charge in [-0.25, -0.2) is 0 Å². The molecule has 0 bridgehead atoms. The maximum absolute atomic E-state index is 5.75. The monoisotopic (exact) mass is 276 g/mol. The van der Waals surface area contributed by atoms with Crippen LogP contribution in [-0.2, 0) is 4.74 Å². The van der Waals surface area contributed by atoms with Crippen LogP contribution in [0.4, 0.5) is 0 Å². The van der Waals surface area contributed by atoms with Gasteiger partial charge in [0.15, 0.2) is 0 Å². The highest BCUT2D eigenvalue weighted by Gasteiger charge is 2.38. The second-order valence-electron chi connectivity index (χ2n) is 6.08. The molecule has 2 rings (SSSR count). The summed E-state index contributed by atoms with van der Waals surface area (Å²) < 4.78 is 11.4. The van der Waals surface area contributed by atoms with Crippen LogP contribution >= 0.6 is 0 Å². The lowest BCUT2D eigenvalue weighted by Gasteiger charge is -2.18. The summed E-state index contributed by atoms with van der Waals surface area (Å²) in [7, 11) is 0. The summed E-state index contributed by atoms with van der Waals surface area (Å²) in [5, 5.41) is 0. The van der Waals surface area contributed by atoms with Crippen molar-refractivity contribution in [3.8, 4) is 5.75 Å². The van der Waals surface area contributed by atoms with E-state index in [0.717, 1.165) is 31.6 Å². The van der Waals surface area contributed by atoms with Gasteiger partial charge in [-0.05, 0) is 67.9 Å². The molecule has 1 saturated heterocycles. The van der Waals surface area contributed by atoms with E-state index in [-0.39, 0.29) is 0 Å². The lowest BCUT2D eigenvalue weighted by atomic mass is 9.88. The number of hydrogen-bond acceptors (Lipinski definition) is 2. The van der Waals surface area contributed by atoms with Crippen molar-refractivity contribution in [3.63, 3.8) is 0 Å². The number of ether oxygens (including phenoxy) is 2. The quantitative estimate of drug-likeness (QED) is 0.669. The van der Waals surface area contributed by atoms with Gasteiger partial charge in [-0.2, -0.15) is 0 Å².